The van der Waals surface area contributed by atoms with E-state index in [0.29, 0.717) is 11.3 Å². The molecule has 0 saturated heterocycles. The maximum Gasteiger partial charge on any atom is 0.190 e. The molecule has 2 atom stereocenters. The molecule has 0 aromatic heterocycles. The third-order valence-corrected chi connectivity index (χ3v) is 9.15. The predicted molar refractivity (Wildman–Crippen MR) is 131 cm³/mol. The van der Waals surface area contributed by atoms with Gasteiger partial charge in [-0.3, -0.25) is 0 Å². The van der Waals surface area contributed by atoms with Crippen molar-refractivity contribution in [2.75, 3.05) is 0 Å². The van der Waals surface area contributed by atoms with E-state index < -0.39 is 25.5 Å². The summed E-state index contributed by atoms with van der Waals surface area (Å²) in [5.74, 6) is -0.908. The SMILES string of the molecule is C[Si](C)(NC1=C(C#N)[C@@H](c2ccccc2)[C@H](c2ccccc2)C1(C#N)C#N)c1ccccc1. The number of hydrogen-bond donors (Lipinski definition) is 1. The zero-order chi connectivity index (χ0) is 23.5. The van der Waals surface area contributed by atoms with E-state index in [1.165, 1.54) is 0 Å². The van der Waals surface area contributed by atoms with Gasteiger partial charge in [0, 0.05) is 11.8 Å². The van der Waals surface area contributed by atoms with Gasteiger partial charge in [-0.2, -0.15) is 15.8 Å². The van der Waals surface area contributed by atoms with Gasteiger partial charge in [-0.25, -0.2) is 0 Å². The van der Waals surface area contributed by atoms with Crippen LogP contribution >= 0.6 is 0 Å². The maximum atomic E-state index is 10.5. The first-order valence-electron chi connectivity index (χ1n) is 10.9. The van der Waals surface area contributed by atoms with Gasteiger partial charge in [0.25, 0.3) is 0 Å². The van der Waals surface area contributed by atoms with Crippen molar-refractivity contribution in [3.8, 4) is 18.2 Å². The summed E-state index contributed by atoms with van der Waals surface area (Å²) in [6.45, 7) is 4.27. The van der Waals surface area contributed by atoms with Crippen LogP contribution in [-0.2, 0) is 0 Å². The number of hydrogen-bond acceptors (Lipinski definition) is 4. The minimum absolute atomic E-state index is 0.402. The van der Waals surface area contributed by atoms with E-state index >= 15 is 0 Å². The van der Waals surface area contributed by atoms with E-state index in [2.05, 4.69) is 48.4 Å². The maximum absolute atomic E-state index is 10.5. The summed E-state index contributed by atoms with van der Waals surface area (Å²) in [5, 5.41) is 32.6. The van der Waals surface area contributed by atoms with E-state index in [9.17, 15) is 15.8 Å². The van der Waals surface area contributed by atoms with E-state index in [0.717, 1.165) is 16.3 Å². The second-order valence-corrected chi connectivity index (χ2v) is 12.9. The highest BCUT2D eigenvalue weighted by Gasteiger charge is 2.57. The largest absolute Gasteiger partial charge is 0.407 e. The molecule has 0 heterocycles. The van der Waals surface area contributed by atoms with Crippen LogP contribution in [-0.4, -0.2) is 8.24 Å². The number of benzene rings is 3. The van der Waals surface area contributed by atoms with Crippen molar-refractivity contribution in [3.05, 3.63) is 113 Å². The molecular formula is C28H24N4Si. The zero-order valence-electron chi connectivity index (χ0n) is 18.7. The number of rotatable bonds is 5. The Hall–Kier alpha value is -4.11. The Kier molecular flexibility index (Phi) is 5.89. The minimum atomic E-state index is -2.35. The Morgan fingerprint density at radius 3 is 1.70 bits per heavy atom. The van der Waals surface area contributed by atoms with E-state index in [1.54, 1.807) is 0 Å². The molecule has 0 radical (unpaired) electrons. The molecular weight excluding hydrogens is 420 g/mol. The van der Waals surface area contributed by atoms with Crippen molar-refractivity contribution in [3.63, 3.8) is 0 Å². The molecule has 0 amide bonds. The topological polar surface area (TPSA) is 83.4 Å². The number of allylic oxidation sites excluding steroid dienone is 2. The first-order valence-corrected chi connectivity index (χ1v) is 13.9. The molecule has 0 spiro atoms. The quantitative estimate of drug-likeness (QED) is 0.556. The first-order chi connectivity index (χ1) is 16.0. The molecule has 4 nitrogen and oxygen atoms in total. The molecule has 33 heavy (non-hydrogen) atoms. The Morgan fingerprint density at radius 2 is 1.21 bits per heavy atom. The highest BCUT2D eigenvalue weighted by molar-refractivity contribution is 6.88. The molecule has 1 aliphatic carbocycles. The van der Waals surface area contributed by atoms with Gasteiger partial charge in [-0.1, -0.05) is 91.0 Å². The molecule has 3 aromatic rings. The van der Waals surface area contributed by atoms with Crippen LogP contribution in [0.1, 0.15) is 23.0 Å². The lowest BCUT2D eigenvalue weighted by atomic mass is 9.70. The van der Waals surface area contributed by atoms with Crippen molar-refractivity contribution < 1.29 is 0 Å². The van der Waals surface area contributed by atoms with Crippen molar-refractivity contribution in [1.29, 1.82) is 15.8 Å². The van der Waals surface area contributed by atoms with Crippen LogP contribution in [0.5, 0.6) is 0 Å². The second kappa shape index (κ2) is 8.79. The van der Waals surface area contributed by atoms with Crippen LogP contribution in [0.3, 0.4) is 0 Å². The number of nitriles is 3. The van der Waals surface area contributed by atoms with Crippen molar-refractivity contribution in [2.45, 2.75) is 24.9 Å². The zero-order valence-corrected chi connectivity index (χ0v) is 19.7. The van der Waals surface area contributed by atoms with Crippen LogP contribution < -0.4 is 10.2 Å². The molecule has 0 fully saturated rings. The Balaban J connectivity index is 1.97. The molecule has 1 N–H and O–H groups in total. The van der Waals surface area contributed by atoms with Crippen LogP contribution in [0.25, 0.3) is 0 Å². The molecule has 0 aliphatic heterocycles. The van der Waals surface area contributed by atoms with E-state index in [1.807, 2.05) is 78.9 Å². The molecule has 160 valence electrons. The Labute approximate surface area is 196 Å². The summed E-state index contributed by atoms with van der Waals surface area (Å²) < 4.78 is 0. The van der Waals surface area contributed by atoms with Crippen molar-refractivity contribution in [1.82, 2.24) is 4.98 Å². The van der Waals surface area contributed by atoms with Gasteiger partial charge < -0.3 is 4.98 Å². The Morgan fingerprint density at radius 1 is 0.727 bits per heavy atom. The third kappa shape index (κ3) is 3.72. The summed E-state index contributed by atoms with van der Waals surface area (Å²) in [5.41, 5.74) is 1.21. The fourth-order valence-electron chi connectivity index (χ4n) is 4.87. The molecule has 4 rings (SSSR count). The second-order valence-electron chi connectivity index (χ2n) is 8.82. The summed E-state index contributed by atoms with van der Waals surface area (Å²) >= 11 is 0. The van der Waals surface area contributed by atoms with Crippen LogP contribution in [0, 0.1) is 39.4 Å². The fraction of sp³-hybridized carbons (Fsp3) is 0.179. The van der Waals surface area contributed by atoms with Crippen LogP contribution in [0.2, 0.25) is 13.1 Å². The standard InChI is InChI=1S/C28H24N4Si/c1-33(2,23-16-10-5-11-17-23)32-27-24(18-29)25(21-12-6-3-7-13-21)26(28(27,19-30)20-31)22-14-8-4-9-15-22/h3-17,25-26,32H,1-2H3/t25-,26+/m1/s1. The lowest BCUT2D eigenvalue weighted by Crippen LogP contribution is -2.56. The van der Waals surface area contributed by atoms with Crippen LogP contribution in [0.15, 0.2) is 102 Å². The highest BCUT2D eigenvalue weighted by atomic mass is 28.3. The normalized spacial score (nSPS) is 19.2. The lowest BCUT2D eigenvalue weighted by Gasteiger charge is -2.33. The first kappa shape index (κ1) is 22.1. The molecule has 0 saturated carbocycles. The molecule has 3 aromatic carbocycles. The monoisotopic (exact) mass is 444 g/mol. The van der Waals surface area contributed by atoms with E-state index in [-0.39, 0.29) is 0 Å². The highest BCUT2D eigenvalue weighted by Crippen LogP contribution is 2.58. The van der Waals surface area contributed by atoms with Gasteiger partial charge in [0.15, 0.2) is 13.7 Å². The summed E-state index contributed by atoms with van der Waals surface area (Å²) in [4.78, 5) is 3.62. The average Bonchev–Trinajstić information content (AvgIpc) is 3.14. The van der Waals surface area contributed by atoms with Gasteiger partial charge in [0.2, 0.25) is 0 Å². The Bertz CT molecular complexity index is 1280. The van der Waals surface area contributed by atoms with Crippen LogP contribution in [0.4, 0.5) is 0 Å². The van der Waals surface area contributed by atoms with Gasteiger partial charge in [0.1, 0.15) is 0 Å². The van der Waals surface area contributed by atoms with E-state index in [4.69, 9.17) is 0 Å². The molecule has 0 bridgehead atoms. The van der Waals surface area contributed by atoms with Crippen molar-refractivity contribution in [2.24, 2.45) is 5.41 Å². The lowest BCUT2D eigenvalue weighted by molar-refractivity contribution is 0.469. The van der Waals surface area contributed by atoms with Gasteiger partial charge in [-0.15, -0.1) is 0 Å². The smallest absolute Gasteiger partial charge is 0.190 e. The summed E-state index contributed by atoms with van der Waals surface area (Å²) in [6.07, 6.45) is 0. The van der Waals surface area contributed by atoms with Gasteiger partial charge in [-0.05, 0) is 29.4 Å². The minimum Gasteiger partial charge on any atom is -0.407 e. The molecule has 5 heteroatoms. The number of nitrogens with zero attached hydrogens (tertiary/aromatic N) is 3. The third-order valence-electron chi connectivity index (χ3n) is 6.50. The van der Waals surface area contributed by atoms with Gasteiger partial charge >= 0.3 is 0 Å². The molecule has 0 unspecified atom stereocenters. The predicted octanol–water partition coefficient (Wildman–Crippen LogP) is 5.08. The molecule has 1 aliphatic rings. The van der Waals surface area contributed by atoms with Gasteiger partial charge in [0.05, 0.1) is 29.5 Å². The fourth-order valence-corrected chi connectivity index (χ4v) is 7.00. The summed E-state index contributed by atoms with van der Waals surface area (Å²) in [7, 11) is -2.35. The average molecular weight is 445 g/mol. The number of nitrogens with one attached hydrogen (secondary N) is 1. The van der Waals surface area contributed by atoms with Crippen molar-refractivity contribution >= 4 is 13.4 Å². The summed E-state index contributed by atoms with van der Waals surface area (Å²) in [6, 6.07) is 36.5.